The molecular weight excluding hydrogens is 448 g/mol. The van der Waals surface area contributed by atoms with Gasteiger partial charge in [0.15, 0.2) is 17.1 Å². The fourth-order valence-electron chi connectivity index (χ4n) is 2.88. The third-order valence-electron chi connectivity index (χ3n) is 4.55. The fourth-order valence-corrected chi connectivity index (χ4v) is 2.88. The second-order valence-electron chi connectivity index (χ2n) is 6.93. The molecule has 0 aliphatic heterocycles. The quantitative estimate of drug-likeness (QED) is 0.144. The maximum atomic E-state index is 12.2. The number of ether oxygens (including phenoxy) is 5. The van der Waals surface area contributed by atoms with Gasteiger partial charge >= 0.3 is 24.2 Å². The van der Waals surface area contributed by atoms with Crippen LogP contribution < -0.4 is 9.47 Å². The van der Waals surface area contributed by atoms with Crippen LogP contribution in [0.5, 0.6) is 11.5 Å². The third-order valence-corrected chi connectivity index (χ3v) is 4.55. The molecule has 0 bridgehead atoms. The van der Waals surface area contributed by atoms with Crippen LogP contribution >= 0.6 is 0 Å². The van der Waals surface area contributed by atoms with Gasteiger partial charge in [-0.2, -0.15) is 0 Å². The first kappa shape index (κ1) is 25.7. The van der Waals surface area contributed by atoms with Crippen LogP contribution in [0.15, 0.2) is 24.3 Å². The van der Waals surface area contributed by atoms with Crippen LogP contribution in [0.25, 0.3) is 6.08 Å². The second kappa shape index (κ2) is 10.9. The molecule has 1 aliphatic rings. The maximum Gasteiger partial charge on any atom is 0.513 e. The molecular formula is C20H22O13. The van der Waals surface area contributed by atoms with Crippen molar-refractivity contribution in [3.63, 3.8) is 0 Å². The first-order valence-electron chi connectivity index (χ1n) is 9.35. The molecule has 1 fully saturated rings. The van der Waals surface area contributed by atoms with E-state index in [4.69, 9.17) is 9.47 Å². The van der Waals surface area contributed by atoms with E-state index in [1.165, 1.54) is 18.2 Å². The Labute approximate surface area is 186 Å². The normalized spacial score (nSPS) is 24.6. The number of carbonyl (C=O) groups is 4. The molecule has 0 heterocycles. The molecule has 1 aromatic carbocycles. The van der Waals surface area contributed by atoms with Crippen molar-refractivity contribution in [2.75, 3.05) is 14.2 Å². The zero-order valence-corrected chi connectivity index (χ0v) is 17.5. The smallest absolute Gasteiger partial charge is 0.437 e. The average molecular weight is 470 g/mol. The van der Waals surface area contributed by atoms with Gasteiger partial charge in [0.1, 0.15) is 6.10 Å². The molecule has 0 saturated heterocycles. The molecule has 180 valence electrons. The summed E-state index contributed by atoms with van der Waals surface area (Å²) in [6.07, 6.45) is -6.28. The Morgan fingerprint density at radius 3 is 2.03 bits per heavy atom. The minimum atomic E-state index is -2.38. The van der Waals surface area contributed by atoms with E-state index in [9.17, 15) is 39.6 Å². The zero-order chi connectivity index (χ0) is 24.8. The first-order chi connectivity index (χ1) is 15.5. The number of rotatable bonds is 5. The van der Waals surface area contributed by atoms with Gasteiger partial charge in [-0.05, 0) is 23.8 Å². The van der Waals surface area contributed by atoms with Crippen molar-refractivity contribution in [2.24, 2.45) is 0 Å². The summed E-state index contributed by atoms with van der Waals surface area (Å²) in [6.45, 7) is 0. The highest BCUT2D eigenvalue weighted by Gasteiger charge is 2.49. The third kappa shape index (κ3) is 6.73. The summed E-state index contributed by atoms with van der Waals surface area (Å²) < 4.78 is 23.0. The van der Waals surface area contributed by atoms with Crippen molar-refractivity contribution >= 4 is 30.3 Å². The highest BCUT2D eigenvalue weighted by Crippen LogP contribution is 2.31. The van der Waals surface area contributed by atoms with Gasteiger partial charge in [0.25, 0.3) is 0 Å². The van der Waals surface area contributed by atoms with Crippen molar-refractivity contribution in [1.29, 1.82) is 0 Å². The van der Waals surface area contributed by atoms with Crippen LogP contribution in [0.2, 0.25) is 0 Å². The number of aliphatic hydroxyl groups is 4. The van der Waals surface area contributed by atoms with Gasteiger partial charge in [-0.15, -0.1) is 0 Å². The highest BCUT2D eigenvalue weighted by molar-refractivity contribution is 5.97. The summed E-state index contributed by atoms with van der Waals surface area (Å²) in [6, 6.07) is 3.78. The van der Waals surface area contributed by atoms with Crippen LogP contribution in [0.1, 0.15) is 18.4 Å². The summed E-state index contributed by atoms with van der Waals surface area (Å²) in [5.41, 5.74) is -2.14. The minimum Gasteiger partial charge on any atom is -0.437 e. The number of esters is 2. The monoisotopic (exact) mass is 470 g/mol. The molecule has 33 heavy (non-hydrogen) atoms. The Bertz CT molecular complexity index is 926. The van der Waals surface area contributed by atoms with Gasteiger partial charge in [0, 0.05) is 18.9 Å². The Balaban J connectivity index is 2.11. The summed E-state index contributed by atoms with van der Waals surface area (Å²) in [4.78, 5) is 46.9. The van der Waals surface area contributed by atoms with Gasteiger partial charge < -0.3 is 44.1 Å². The van der Waals surface area contributed by atoms with Crippen LogP contribution in [0.4, 0.5) is 9.59 Å². The lowest BCUT2D eigenvalue weighted by Gasteiger charge is -2.38. The Morgan fingerprint density at radius 1 is 0.939 bits per heavy atom. The molecule has 4 N–H and O–H groups in total. The van der Waals surface area contributed by atoms with Crippen LogP contribution in [0.3, 0.4) is 0 Å². The molecule has 1 aliphatic carbocycles. The molecule has 0 unspecified atom stereocenters. The van der Waals surface area contributed by atoms with Crippen molar-refractivity contribution in [3.05, 3.63) is 29.8 Å². The molecule has 1 saturated carbocycles. The molecule has 0 radical (unpaired) electrons. The molecule has 1 aromatic rings. The lowest BCUT2D eigenvalue weighted by Crippen LogP contribution is -2.56. The van der Waals surface area contributed by atoms with Crippen LogP contribution in [-0.4, -0.2) is 82.8 Å². The lowest BCUT2D eigenvalue weighted by atomic mass is 9.80. The molecule has 2 rings (SSSR count). The van der Waals surface area contributed by atoms with Crippen molar-refractivity contribution < 1.29 is 63.3 Å². The predicted molar refractivity (Wildman–Crippen MR) is 105 cm³/mol. The number of methoxy groups -OCH3 is 2. The highest BCUT2D eigenvalue weighted by atomic mass is 16.7. The van der Waals surface area contributed by atoms with E-state index in [1.807, 2.05) is 0 Å². The largest absolute Gasteiger partial charge is 0.513 e. The van der Waals surface area contributed by atoms with Gasteiger partial charge in [-0.1, -0.05) is 6.07 Å². The molecule has 0 amide bonds. The maximum absolute atomic E-state index is 12.2. The van der Waals surface area contributed by atoms with Crippen LogP contribution in [0, 0.1) is 0 Å². The second-order valence-corrected chi connectivity index (χ2v) is 6.93. The number of carbonyl (C=O) groups excluding carboxylic acids is 4. The molecule has 2 atom stereocenters. The predicted octanol–water partition coefficient (Wildman–Crippen LogP) is -0.332. The fraction of sp³-hybridized carbons (Fsp3) is 0.400. The molecule has 13 heteroatoms. The van der Waals surface area contributed by atoms with E-state index in [0.717, 1.165) is 26.4 Å². The van der Waals surface area contributed by atoms with E-state index in [-0.39, 0.29) is 17.1 Å². The molecule has 0 spiro atoms. The lowest BCUT2D eigenvalue weighted by molar-refractivity contribution is -0.193. The topological polar surface area (TPSA) is 195 Å². The minimum absolute atomic E-state index is 0.194. The van der Waals surface area contributed by atoms with Crippen molar-refractivity contribution in [3.8, 4) is 11.5 Å². The SMILES string of the molecule is COC(=O)Oc1ccc(/C=C/C(=O)OC(=O)C2(O)C[C@@H](O)C(O)[C@H](O)C2)cc1OC(=O)OC. The van der Waals surface area contributed by atoms with Gasteiger partial charge in [0.05, 0.1) is 26.4 Å². The van der Waals surface area contributed by atoms with E-state index >= 15 is 0 Å². The first-order valence-corrected chi connectivity index (χ1v) is 9.35. The average Bonchev–Trinajstić information content (AvgIpc) is 2.77. The van der Waals surface area contributed by atoms with Crippen molar-refractivity contribution in [2.45, 2.75) is 36.8 Å². The zero-order valence-electron chi connectivity index (χ0n) is 17.5. The van der Waals surface area contributed by atoms with E-state index in [0.29, 0.717) is 0 Å². The Kier molecular flexibility index (Phi) is 8.48. The number of hydrogen-bond acceptors (Lipinski definition) is 13. The van der Waals surface area contributed by atoms with Gasteiger partial charge in [-0.25, -0.2) is 19.2 Å². The Morgan fingerprint density at radius 2 is 1.48 bits per heavy atom. The van der Waals surface area contributed by atoms with Crippen molar-refractivity contribution in [1.82, 2.24) is 0 Å². The summed E-state index contributed by atoms with van der Waals surface area (Å²) in [7, 11) is 2.12. The van der Waals surface area contributed by atoms with E-state index < -0.39 is 61.0 Å². The molecule has 0 aromatic heterocycles. The Hall–Kier alpha value is -3.52. The van der Waals surface area contributed by atoms with E-state index in [2.05, 4.69) is 14.2 Å². The standard InChI is InChI=1S/C20H22O13/c1-29-18(26)31-13-5-3-10(7-14(13)32-19(27)30-2)4-6-15(23)33-17(25)20(28)8-11(21)16(24)12(22)9-20/h3-7,11-12,16,21-22,24,28H,8-9H2,1-2H3/b6-4+/t11-,12-,16?,20?/m1/s1. The summed E-state index contributed by atoms with van der Waals surface area (Å²) in [5.74, 6) is -3.06. The van der Waals surface area contributed by atoms with Gasteiger partial charge in [-0.3, -0.25) is 0 Å². The number of hydrogen-bond donors (Lipinski definition) is 4. The number of benzene rings is 1. The summed E-state index contributed by atoms with van der Waals surface area (Å²) in [5, 5.41) is 39.1. The number of aliphatic hydroxyl groups excluding tert-OH is 3. The van der Waals surface area contributed by atoms with Gasteiger partial charge in [0.2, 0.25) is 0 Å². The molecule has 13 nitrogen and oxygen atoms in total. The van der Waals surface area contributed by atoms with E-state index in [1.54, 1.807) is 0 Å². The van der Waals surface area contributed by atoms with Crippen LogP contribution in [-0.2, 0) is 23.8 Å². The summed E-state index contributed by atoms with van der Waals surface area (Å²) >= 11 is 0.